The lowest BCUT2D eigenvalue weighted by Crippen LogP contribution is -2.27. The molecule has 0 radical (unpaired) electrons. The lowest BCUT2D eigenvalue weighted by molar-refractivity contribution is -0.123. The standard InChI is InChI=1S/C22H19BrClNO4S/c1-3-9-29-20-17(24)10-14(11-18(20)28-4-2)12-19-21(26)25(22(27)30-19)13-15-7-5-6-8-16(15)23/h3,5-8,10-12H,1,4,9,13H2,2H3/b19-12+. The zero-order valence-electron chi connectivity index (χ0n) is 16.2. The van der Waals surface area contributed by atoms with Crippen LogP contribution in [0.4, 0.5) is 4.79 Å². The molecule has 0 N–H and O–H groups in total. The topological polar surface area (TPSA) is 55.8 Å². The Labute approximate surface area is 192 Å². The third-order valence-electron chi connectivity index (χ3n) is 4.13. The Morgan fingerprint density at radius 1 is 1.23 bits per heavy atom. The van der Waals surface area contributed by atoms with Crippen molar-refractivity contribution < 1.29 is 19.1 Å². The van der Waals surface area contributed by atoms with E-state index < -0.39 is 0 Å². The summed E-state index contributed by atoms with van der Waals surface area (Å²) in [5.74, 6) is 0.532. The number of halogens is 2. The molecule has 0 spiro atoms. The van der Waals surface area contributed by atoms with Gasteiger partial charge in [0, 0.05) is 4.47 Å². The maximum atomic E-state index is 12.8. The number of rotatable bonds is 8. The van der Waals surface area contributed by atoms with Gasteiger partial charge in [-0.3, -0.25) is 14.5 Å². The first-order valence-electron chi connectivity index (χ1n) is 9.13. The number of amides is 2. The van der Waals surface area contributed by atoms with Crippen molar-refractivity contribution in [2.75, 3.05) is 13.2 Å². The fraction of sp³-hybridized carbons (Fsp3) is 0.182. The monoisotopic (exact) mass is 507 g/mol. The van der Waals surface area contributed by atoms with Crippen LogP contribution in [0.2, 0.25) is 5.02 Å². The molecule has 0 bridgehead atoms. The predicted octanol–water partition coefficient (Wildman–Crippen LogP) is 6.30. The lowest BCUT2D eigenvalue weighted by Gasteiger charge is -2.14. The van der Waals surface area contributed by atoms with Gasteiger partial charge in [0.15, 0.2) is 11.5 Å². The summed E-state index contributed by atoms with van der Waals surface area (Å²) in [6.45, 7) is 6.38. The normalized spacial score (nSPS) is 15.0. The maximum Gasteiger partial charge on any atom is 0.293 e. The molecule has 1 aliphatic rings. The summed E-state index contributed by atoms with van der Waals surface area (Å²) in [5.41, 5.74) is 1.49. The number of carbonyl (C=O) groups excluding carboxylic acids is 2. The SMILES string of the molecule is C=CCOc1c(Cl)cc(/C=C2/SC(=O)N(Cc3ccccc3Br)C2=O)cc1OCC. The van der Waals surface area contributed by atoms with Crippen LogP contribution in [-0.4, -0.2) is 29.3 Å². The smallest absolute Gasteiger partial charge is 0.293 e. The van der Waals surface area contributed by atoms with Gasteiger partial charge in [-0.1, -0.05) is 58.4 Å². The highest BCUT2D eigenvalue weighted by molar-refractivity contribution is 9.10. The summed E-state index contributed by atoms with van der Waals surface area (Å²) in [5, 5.41) is 0.0329. The second-order valence-electron chi connectivity index (χ2n) is 6.22. The second kappa shape index (κ2) is 10.2. The number of ether oxygens (including phenoxy) is 2. The predicted molar refractivity (Wildman–Crippen MR) is 124 cm³/mol. The Hall–Kier alpha value is -2.22. The van der Waals surface area contributed by atoms with Crippen molar-refractivity contribution in [3.63, 3.8) is 0 Å². The molecule has 2 aromatic rings. The van der Waals surface area contributed by atoms with Crippen molar-refractivity contribution in [1.82, 2.24) is 4.90 Å². The van der Waals surface area contributed by atoms with Crippen LogP contribution in [0, 0.1) is 0 Å². The first kappa shape index (κ1) is 22.5. The average molecular weight is 509 g/mol. The number of thioether (sulfide) groups is 1. The van der Waals surface area contributed by atoms with Gasteiger partial charge in [-0.15, -0.1) is 0 Å². The van der Waals surface area contributed by atoms with E-state index in [4.69, 9.17) is 21.1 Å². The molecule has 3 rings (SSSR count). The Bertz CT molecular complexity index is 1020. The van der Waals surface area contributed by atoms with Crippen LogP contribution in [0.15, 0.2) is 58.4 Å². The van der Waals surface area contributed by atoms with Gasteiger partial charge in [0.05, 0.1) is 23.1 Å². The fourth-order valence-electron chi connectivity index (χ4n) is 2.80. The van der Waals surface area contributed by atoms with Crippen LogP contribution in [0.25, 0.3) is 6.08 Å². The van der Waals surface area contributed by atoms with Crippen LogP contribution in [0.5, 0.6) is 11.5 Å². The van der Waals surface area contributed by atoms with Gasteiger partial charge < -0.3 is 9.47 Å². The number of nitrogens with zero attached hydrogens (tertiary/aromatic N) is 1. The molecule has 0 atom stereocenters. The highest BCUT2D eigenvalue weighted by Crippen LogP contribution is 2.39. The molecule has 0 aromatic heterocycles. The second-order valence-corrected chi connectivity index (χ2v) is 8.48. The molecular weight excluding hydrogens is 490 g/mol. The van der Waals surface area contributed by atoms with Gasteiger partial charge in [-0.25, -0.2) is 0 Å². The van der Waals surface area contributed by atoms with Crippen molar-refractivity contribution in [2.45, 2.75) is 13.5 Å². The number of benzene rings is 2. The molecular formula is C22H19BrClNO4S. The molecule has 0 aliphatic carbocycles. The first-order chi connectivity index (χ1) is 14.4. The van der Waals surface area contributed by atoms with Crippen molar-refractivity contribution in [2.24, 2.45) is 0 Å². The number of hydrogen-bond donors (Lipinski definition) is 0. The summed E-state index contributed by atoms with van der Waals surface area (Å²) in [4.78, 5) is 26.8. The van der Waals surface area contributed by atoms with Crippen LogP contribution in [0.1, 0.15) is 18.1 Å². The highest BCUT2D eigenvalue weighted by Gasteiger charge is 2.35. The summed E-state index contributed by atoms with van der Waals surface area (Å²) in [6, 6.07) is 10.9. The molecule has 30 heavy (non-hydrogen) atoms. The van der Waals surface area contributed by atoms with Gasteiger partial charge in [0.1, 0.15) is 6.61 Å². The quantitative estimate of drug-likeness (QED) is 0.309. The van der Waals surface area contributed by atoms with Crippen molar-refractivity contribution >= 4 is 56.5 Å². The lowest BCUT2D eigenvalue weighted by atomic mass is 10.1. The maximum absolute atomic E-state index is 12.8. The highest BCUT2D eigenvalue weighted by atomic mass is 79.9. The van der Waals surface area contributed by atoms with E-state index >= 15 is 0 Å². The van der Waals surface area contributed by atoms with Gasteiger partial charge in [0.25, 0.3) is 11.1 Å². The zero-order valence-corrected chi connectivity index (χ0v) is 19.4. The van der Waals surface area contributed by atoms with E-state index in [1.807, 2.05) is 31.2 Å². The molecule has 2 aromatic carbocycles. The molecule has 2 amide bonds. The summed E-state index contributed by atoms with van der Waals surface area (Å²) >= 11 is 10.7. The third kappa shape index (κ3) is 5.09. The molecule has 1 fully saturated rings. The van der Waals surface area contributed by atoms with E-state index in [0.29, 0.717) is 33.6 Å². The minimum Gasteiger partial charge on any atom is -0.490 e. The van der Waals surface area contributed by atoms with Gasteiger partial charge >= 0.3 is 0 Å². The Morgan fingerprint density at radius 3 is 2.70 bits per heavy atom. The largest absolute Gasteiger partial charge is 0.490 e. The van der Waals surface area contributed by atoms with Crippen LogP contribution in [0.3, 0.4) is 0 Å². The van der Waals surface area contributed by atoms with E-state index in [9.17, 15) is 9.59 Å². The van der Waals surface area contributed by atoms with Gasteiger partial charge in [-0.05, 0) is 54.1 Å². The van der Waals surface area contributed by atoms with Crippen molar-refractivity contribution in [3.05, 3.63) is 74.6 Å². The molecule has 0 saturated carbocycles. The first-order valence-corrected chi connectivity index (χ1v) is 11.1. The number of hydrogen-bond acceptors (Lipinski definition) is 5. The minimum absolute atomic E-state index is 0.197. The minimum atomic E-state index is -0.346. The molecule has 1 aliphatic heterocycles. The van der Waals surface area contributed by atoms with E-state index in [1.54, 1.807) is 24.3 Å². The number of imide groups is 1. The number of carbonyl (C=O) groups is 2. The molecule has 0 unspecified atom stereocenters. The van der Waals surface area contributed by atoms with E-state index in [2.05, 4.69) is 22.5 Å². The van der Waals surface area contributed by atoms with Crippen molar-refractivity contribution in [1.29, 1.82) is 0 Å². The summed E-state index contributed by atoms with van der Waals surface area (Å²) in [7, 11) is 0. The summed E-state index contributed by atoms with van der Waals surface area (Å²) < 4.78 is 12.1. The molecule has 1 heterocycles. The fourth-order valence-corrected chi connectivity index (χ4v) is 4.32. The molecule has 5 nitrogen and oxygen atoms in total. The summed E-state index contributed by atoms with van der Waals surface area (Å²) in [6.07, 6.45) is 3.25. The van der Waals surface area contributed by atoms with E-state index in [1.165, 1.54) is 4.90 Å². The van der Waals surface area contributed by atoms with Gasteiger partial charge in [-0.2, -0.15) is 0 Å². The Morgan fingerprint density at radius 2 is 2.00 bits per heavy atom. The van der Waals surface area contributed by atoms with Gasteiger partial charge in [0.2, 0.25) is 0 Å². The van der Waals surface area contributed by atoms with Crippen LogP contribution in [-0.2, 0) is 11.3 Å². The van der Waals surface area contributed by atoms with Crippen molar-refractivity contribution in [3.8, 4) is 11.5 Å². The third-order valence-corrected chi connectivity index (χ3v) is 6.10. The molecule has 1 saturated heterocycles. The van der Waals surface area contributed by atoms with E-state index in [-0.39, 0.29) is 24.3 Å². The molecule has 8 heteroatoms. The van der Waals surface area contributed by atoms with E-state index in [0.717, 1.165) is 21.8 Å². The van der Waals surface area contributed by atoms with Crippen LogP contribution >= 0.6 is 39.3 Å². The zero-order chi connectivity index (χ0) is 21.7. The Balaban J connectivity index is 1.87. The Kier molecular flexibility index (Phi) is 7.64. The molecule has 156 valence electrons. The average Bonchev–Trinajstić information content (AvgIpc) is 2.96. The van der Waals surface area contributed by atoms with Crippen LogP contribution < -0.4 is 9.47 Å².